The van der Waals surface area contributed by atoms with E-state index in [4.69, 9.17) is 0 Å². The first-order valence-electron chi connectivity index (χ1n) is 3.40. The minimum atomic E-state index is -0.266. The third-order valence-electron chi connectivity index (χ3n) is 1.79. The van der Waals surface area contributed by atoms with Gasteiger partial charge in [-0.2, -0.15) is 0 Å². The normalized spacial score (nSPS) is 24.9. The van der Waals surface area contributed by atoms with Gasteiger partial charge in [-0.05, 0) is 12.8 Å². The number of amides is 1. The molecule has 1 radical (unpaired) electrons. The summed E-state index contributed by atoms with van der Waals surface area (Å²) >= 11 is 0. The lowest BCUT2D eigenvalue weighted by molar-refractivity contribution is -0.128. The molecule has 1 fully saturated rings. The molecule has 1 saturated heterocycles. The topological polar surface area (TPSA) is 37.4 Å². The van der Waals surface area contributed by atoms with Crippen molar-refractivity contribution in [2.45, 2.75) is 25.8 Å². The molecule has 1 rings (SSSR count). The summed E-state index contributed by atoms with van der Waals surface area (Å²) in [6.45, 7) is 2.20. The van der Waals surface area contributed by atoms with Gasteiger partial charge in [0.05, 0.1) is 6.04 Å². The molecule has 0 aliphatic carbocycles. The summed E-state index contributed by atoms with van der Waals surface area (Å²) in [5.74, 6) is -0.0224. The summed E-state index contributed by atoms with van der Waals surface area (Å²) in [6, 6.07) is -0.266. The Hall–Kier alpha value is -0.860. The highest BCUT2D eigenvalue weighted by Crippen LogP contribution is 2.14. The zero-order valence-electron chi connectivity index (χ0n) is 5.96. The van der Waals surface area contributed by atoms with Crippen molar-refractivity contribution < 1.29 is 9.59 Å². The van der Waals surface area contributed by atoms with Gasteiger partial charge in [-0.25, -0.2) is 0 Å². The molecule has 0 aromatic heterocycles. The van der Waals surface area contributed by atoms with Crippen molar-refractivity contribution in [3.63, 3.8) is 0 Å². The van der Waals surface area contributed by atoms with Gasteiger partial charge in [0.15, 0.2) is 0 Å². The predicted molar refractivity (Wildman–Crippen MR) is 36.1 cm³/mol. The fraction of sp³-hybridized carbons (Fsp3) is 0.714. The molecule has 1 heterocycles. The molecule has 1 amide bonds. The lowest BCUT2D eigenvalue weighted by atomic mass is 10.2. The second-order valence-corrected chi connectivity index (χ2v) is 2.49. The second-order valence-electron chi connectivity index (χ2n) is 2.49. The third-order valence-corrected chi connectivity index (χ3v) is 1.79. The monoisotopic (exact) mass is 140 g/mol. The maximum absolute atomic E-state index is 10.8. The summed E-state index contributed by atoms with van der Waals surface area (Å²) in [4.78, 5) is 22.5. The van der Waals surface area contributed by atoms with Crippen molar-refractivity contribution in [3.05, 3.63) is 0 Å². The smallest absolute Gasteiger partial charge is 0.223 e. The van der Waals surface area contributed by atoms with E-state index < -0.39 is 0 Å². The van der Waals surface area contributed by atoms with Gasteiger partial charge in [-0.3, -0.25) is 9.59 Å². The number of carbonyl (C=O) groups is 1. The van der Waals surface area contributed by atoms with Gasteiger partial charge in [-0.1, -0.05) is 0 Å². The molecule has 10 heavy (non-hydrogen) atoms. The molecule has 1 atom stereocenters. The van der Waals surface area contributed by atoms with Crippen molar-refractivity contribution >= 4 is 12.2 Å². The zero-order valence-corrected chi connectivity index (χ0v) is 5.96. The Morgan fingerprint density at radius 2 is 2.40 bits per heavy atom. The van der Waals surface area contributed by atoms with E-state index in [2.05, 4.69) is 0 Å². The van der Waals surface area contributed by atoms with Crippen molar-refractivity contribution in [2.75, 3.05) is 6.54 Å². The number of hydrogen-bond donors (Lipinski definition) is 0. The van der Waals surface area contributed by atoms with E-state index in [0.717, 1.165) is 19.4 Å². The minimum Gasteiger partial charge on any atom is -0.332 e. The van der Waals surface area contributed by atoms with Crippen LogP contribution >= 0.6 is 0 Å². The highest BCUT2D eigenvalue weighted by molar-refractivity contribution is 5.78. The fourth-order valence-electron chi connectivity index (χ4n) is 1.27. The Morgan fingerprint density at radius 3 is 2.80 bits per heavy atom. The number of nitrogens with zero attached hydrogens (tertiary/aromatic N) is 1. The summed E-state index contributed by atoms with van der Waals surface area (Å²) < 4.78 is 0. The SMILES string of the molecule is CC(=O)N1CCCC1[C]=O. The molecule has 3 heteroatoms. The van der Waals surface area contributed by atoms with Crippen molar-refractivity contribution in [3.8, 4) is 0 Å². The van der Waals surface area contributed by atoms with Crippen LogP contribution in [-0.2, 0) is 9.59 Å². The number of rotatable bonds is 1. The molecule has 0 aromatic rings. The summed E-state index contributed by atoms with van der Waals surface area (Å²) in [5, 5.41) is 0. The molecule has 1 aliphatic heterocycles. The number of hydrogen-bond acceptors (Lipinski definition) is 2. The zero-order chi connectivity index (χ0) is 7.56. The van der Waals surface area contributed by atoms with Gasteiger partial charge in [0.25, 0.3) is 0 Å². The Bertz CT molecular complexity index is 156. The van der Waals surface area contributed by atoms with E-state index in [1.807, 2.05) is 6.29 Å². The molecule has 0 N–H and O–H groups in total. The minimum absolute atomic E-state index is 0.0224. The molecule has 0 spiro atoms. The Labute approximate surface area is 60.0 Å². The molecular weight excluding hydrogens is 130 g/mol. The van der Waals surface area contributed by atoms with Crippen molar-refractivity contribution in [1.29, 1.82) is 0 Å². The van der Waals surface area contributed by atoms with Gasteiger partial charge in [-0.15, -0.1) is 0 Å². The average molecular weight is 140 g/mol. The van der Waals surface area contributed by atoms with E-state index >= 15 is 0 Å². The van der Waals surface area contributed by atoms with Crippen LogP contribution < -0.4 is 0 Å². The van der Waals surface area contributed by atoms with E-state index in [1.54, 1.807) is 4.90 Å². The molecule has 0 saturated carbocycles. The first-order chi connectivity index (χ1) is 4.75. The van der Waals surface area contributed by atoms with Crippen molar-refractivity contribution in [1.82, 2.24) is 4.90 Å². The Balaban J connectivity index is 2.58. The summed E-state index contributed by atoms with van der Waals surface area (Å²) in [6.07, 6.45) is 3.56. The van der Waals surface area contributed by atoms with Crippen LogP contribution in [0.2, 0.25) is 0 Å². The van der Waals surface area contributed by atoms with Crippen LogP contribution in [0.5, 0.6) is 0 Å². The predicted octanol–water partition coefficient (Wildman–Crippen LogP) is 0.107. The molecule has 0 bridgehead atoms. The molecule has 1 unspecified atom stereocenters. The highest BCUT2D eigenvalue weighted by atomic mass is 16.2. The average Bonchev–Trinajstić information content (AvgIpc) is 2.33. The summed E-state index contributed by atoms with van der Waals surface area (Å²) in [7, 11) is 0. The third kappa shape index (κ3) is 1.17. The highest BCUT2D eigenvalue weighted by Gasteiger charge is 2.26. The Kier molecular flexibility index (Phi) is 2.04. The number of likely N-dealkylation sites (tertiary alicyclic amines) is 1. The van der Waals surface area contributed by atoms with Crippen LogP contribution in [0.1, 0.15) is 19.8 Å². The van der Waals surface area contributed by atoms with E-state index in [0.29, 0.717) is 0 Å². The molecule has 0 aromatic carbocycles. The van der Waals surface area contributed by atoms with Gasteiger partial charge in [0.1, 0.15) is 0 Å². The Morgan fingerprint density at radius 1 is 1.70 bits per heavy atom. The van der Waals surface area contributed by atoms with Gasteiger partial charge < -0.3 is 4.90 Å². The standard InChI is InChI=1S/C7H10NO2/c1-6(10)8-4-2-3-7(8)5-9/h7H,2-4H2,1H3. The van der Waals surface area contributed by atoms with Crippen LogP contribution in [0.25, 0.3) is 0 Å². The fourth-order valence-corrected chi connectivity index (χ4v) is 1.27. The van der Waals surface area contributed by atoms with E-state index in [1.165, 1.54) is 6.92 Å². The van der Waals surface area contributed by atoms with Crippen molar-refractivity contribution in [2.24, 2.45) is 0 Å². The lowest BCUT2D eigenvalue weighted by Gasteiger charge is -2.16. The second kappa shape index (κ2) is 2.82. The van der Waals surface area contributed by atoms with Gasteiger partial charge >= 0.3 is 0 Å². The summed E-state index contributed by atoms with van der Waals surface area (Å²) in [5.41, 5.74) is 0. The largest absolute Gasteiger partial charge is 0.332 e. The van der Waals surface area contributed by atoms with Gasteiger partial charge in [0.2, 0.25) is 12.2 Å². The lowest BCUT2D eigenvalue weighted by Crippen LogP contribution is -2.34. The first kappa shape index (κ1) is 7.25. The molecule has 55 valence electrons. The van der Waals surface area contributed by atoms with Crippen LogP contribution in [0, 0.1) is 0 Å². The van der Waals surface area contributed by atoms with Crippen LogP contribution in [0.3, 0.4) is 0 Å². The maximum atomic E-state index is 10.8. The van der Waals surface area contributed by atoms with Crippen LogP contribution in [0.15, 0.2) is 0 Å². The van der Waals surface area contributed by atoms with Crippen LogP contribution in [0.4, 0.5) is 0 Å². The van der Waals surface area contributed by atoms with E-state index in [9.17, 15) is 9.59 Å². The molecule has 3 nitrogen and oxygen atoms in total. The number of carbonyl (C=O) groups excluding carboxylic acids is 2. The van der Waals surface area contributed by atoms with Crippen LogP contribution in [-0.4, -0.2) is 29.7 Å². The van der Waals surface area contributed by atoms with E-state index in [-0.39, 0.29) is 11.9 Å². The maximum Gasteiger partial charge on any atom is 0.223 e. The molecular formula is C7H10NO2. The first-order valence-corrected chi connectivity index (χ1v) is 3.40. The van der Waals surface area contributed by atoms with Gasteiger partial charge in [0, 0.05) is 13.5 Å². The molecule has 1 aliphatic rings. The quantitative estimate of drug-likeness (QED) is 0.518.